The van der Waals surface area contributed by atoms with E-state index in [4.69, 9.17) is 4.74 Å². The van der Waals surface area contributed by atoms with E-state index in [1.54, 1.807) is 36.4 Å². The molecule has 0 heterocycles. The van der Waals surface area contributed by atoms with Crippen LogP contribution in [-0.4, -0.2) is 18.4 Å². The van der Waals surface area contributed by atoms with E-state index in [9.17, 15) is 9.59 Å². The average Bonchev–Trinajstić information content (AvgIpc) is 2.60. The summed E-state index contributed by atoms with van der Waals surface area (Å²) in [5.41, 5.74) is 6.97. The van der Waals surface area contributed by atoms with Gasteiger partial charge in [-0.05, 0) is 61.2 Å². The summed E-state index contributed by atoms with van der Waals surface area (Å²) < 4.78 is 5.33. The zero-order valence-corrected chi connectivity index (χ0v) is 14.8. The molecule has 0 spiro atoms. The first kappa shape index (κ1) is 18.5. The second-order valence-corrected chi connectivity index (χ2v) is 6.16. The van der Waals surface area contributed by atoms with Crippen LogP contribution in [0.4, 0.5) is 0 Å². The van der Waals surface area contributed by atoms with Gasteiger partial charge in [-0.3, -0.25) is 20.4 Å². The zero-order chi connectivity index (χ0) is 18.2. The highest BCUT2D eigenvalue weighted by Crippen LogP contribution is 2.12. The van der Waals surface area contributed by atoms with Crippen LogP contribution >= 0.6 is 0 Å². The summed E-state index contributed by atoms with van der Waals surface area (Å²) in [6, 6.07) is 14.1. The monoisotopic (exact) mass is 340 g/mol. The Hall–Kier alpha value is -2.82. The van der Waals surface area contributed by atoms with Gasteiger partial charge in [0.05, 0.1) is 6.61 Å². The molecule has 0 aliphatic heterocycles. The number of hydrazine groups is 1. The van der Waals surface area contributed by atoms with Crippen LogP contribution < -0.4 is 15.6 Å². The Morgan fingerprint density at radius 2 is 1.36 bits per heavy atom. The van der Waals surface area contributed by atoms with Crippen molar-refractivity contribution in [2.24, 2.45) is 5.92 Å². The number of benzene rings is 2. The van der Waals surface area contributed by atoms with Crippen molar-refractivity contribution in [1.82, 2.24) is 10.9 Å². The Morgan fingerprint density at radius 1 is 0.880 bits per heavy atom. The Morgan fingerprint density at radius 3 is 1.80 bits per heavy atom. The van der Waals surface area contributed by atoms with Gasteiger partial charge in [0, 0.05) is 11.1 Å². The largest absolute Gasteiger partial charge is 0.494 e. The molecule has 0 saturated heterocycles. The van der Waals surface area contributed by atoms with Gasteiger partial charge in [-0.1, -0.05) is 26.0 Å². The van der Waals surface area contributed by atoms with E-state index in [0.29, 0.717) is 29.4 Å². The summed E-state index contributed by atoms with van der Waals surface area (Å²) in [7, 11) is 0. The van der Waals surface area contributed by atoms with E-state index < -0.39 is 0 Å². The van der Waals surface area contributed by atoms with Crippen molar-refractivity contribution in [2.45, 2.75) is 27.2 Å². The fourth-order valence-electron chi connectivity index (χ4n) is 2.39. The third-order valence-electron chi connectivity index (χ3n) is 3.58. The molecule has 2 rings (SSSR count). The molecule has 0 unspecified atom stereocenters. The van der Waals surface area contributed by atoms with E-state index >= 15 is 0 Å². The normalized spacial score (nSPS) is 10.4. The molecule has 0 aliphatic rings. The molecule has 2 aromatic carbocycles. The maximum Gasteiger partial charge on any atom is 0.269 e. The van der Waals surface area contributed by atoms with Crippen molar-refractivity contribution in [1.29, 1.82) is 0 Å². The quantitative estimate of drug-likeness (QED) is 0.793. The Bertz CT molecular complexity index is 707. The number of nitrogens with one attached hydrogen (secondary N) is 2. The maximum absolute atomic E-state index is 12.1. The molecule has 5 heteroatoms. The van der Waals surface area contributed by atoms with Crippen LogP contribution in [-0.2, 0) is 6.42 Å². The molecular formula is C20H24N2O3. The van der Waals surface area contributed by atoms with E-state index in [1.165, 1.54) is 5.56 Å². The number of ether oxygens (including phenoxy) is 1. The maximum atomic E-state index is 12.1. The molecule has 0 atom stereocenters. The zero-order valence-electron chi connectivity index (χ0n) is 14.8. The summed E-state index contributed by atoms with van der Waals surface area (Å²) in [6.07, 6.45) is 0.969. The lowest BCUT2D eigenvalue weighted by atomic mass is 10.0. The van der Waals surface area contributed by atoms with Crippen molar-refractivity contribution >= 4 is 11.8 Å². The van der Waals surface area contributed by atoms with Crippen molar-refractivity contribution in [3.05, 3.63) is 65.2 Å². The fraction of sp³-hybridized carbons (Fsp3) is 0.300. The number of rotatable bonds is 6. The van der Waals surface area contributed by atoms with Crippen LogP contribution in [0.15, 0.2) is 48.5 Å². The second kappa shape index (κ2) is 8.87. The van der Waals surface area contributed by atoms with Crippen molar-refractivity contribution in [3.8, 4) is 5.75 Å². The summed E-state index contributed by atoms with van der Waals surface area (Å²) in [6.45, 7) is 6.76. The number of hydrogen-bond acceptors (Lipinski definition) is 3. The molecule has 0 radical (unpaired) electrons. The van der Waals surface area contributed by atoms with Gasteiger partial charge in [-0.15, -0.1) is 0 Å². The van der Waals surface area contributed by atoms with E-state index in [-0.39, 0.29) is 11.8 Å². The third-order valence-corrected chi connectivity index (χ3v) is 3.58. The Balaban J connectivity index is 1.89. The average molecular weight is 340 g/mol. The van der Waals surface area contributed by atoms with E-state index in [0.717, 1.165) is 6.42 Å². The first-order chi connectivity index (χ1) is 12.0. The van der Waals surface area contributed by atoms with Crippen LogP contribution in [0.2, 0.25) is 0 Å². The highest BCUT2D eigenvalue weighted by atomic mass is 16.5. The van der Waals surface area contributed by atoms with Crippen LogP contribution in [0, 0.1) is 5.92 Å². The van der Waals surface area contributed by atoms with Gasteiger partial charge >= 0.3 is 0 Å². The molecule has 0 bridgehead atoms. The van der Waals surface area contributed by atoms with Crippen LogP contribution in [0.1, 0.15) is 47.1 Å². The number of carbonyl (C=O) groups is 2. The van der Waals surface area contributed by atoms with Gasteiger partial charge in [0.15, 0.2) is 0 Å². The Kier molecular flexibility index (Phi) is 6.57. The number of carbonyl (C=O) groups excluding carboxylic acids is 2. The minimum Gasteiger partial charge on any atom is -0.494 e. The SMILES string of the molecule is CCOc1ccc(C(=O)NNC(=O)c2ccc(CC(C)C)cc2)cc1. The standard InChI is InChI=1S/C20H24N2O3/c1-4-25-18-11-9-17(10-12-18)20(24)22-21-19(23)16-7-5-15(6-8-16)13-14(2)3/h5-12,14H,4,13H2,1-3H3,(H,21,23)(H,22,24). The van der Waals surface area contributed by atoms with E-state index in [2.05, 4.69) is 24.7 Å². The van der Waals surface area contributed by atoms with Crippen LogP contribution in [0.5, 0.6) is 5.75 Å². The van der Waals surface area contributed by atoms with Gasteiger partial charge in [-0.2, -0.15) is 0 Å². The first-order valence-electron chi connectivity index (χ1n) is 8.42. The smallest absolute Gasteiger partial charge is 0.269 e. The molecule has 132 valence electrons. The van der Waals surface area contributed by atoms with Gasteiger partial charge < -0.3 is 4.74 Å². The summed E-state index contributed by atoms with van der Waals surface area (Å²) in [4.78, 5) is 24.2. The number of amides is 2. The summed E-state index contributed by atoms with van der Waals surface area (Å²) in [5.74, 6) is 0.529. The molecule has 25 heavy (non-hydrogen) atoms. The molecule has 0 saturated carbocycles. The van der Waals surface area contributed by atoms with Gasteiger partial charge in [-0.25, -0.2) is 0 Å². The molecule has 0 aliphatic carbocycles. The Labute approximate surface area is 148 Å². The molecule has 5 nitrogen and oxygen atoms in total. The molecule has 2 aromatic rings. The topological polar surface area (TPSA) is 67.4 Å². The predicted molar refractivity (Wildman–Crippen MR) is 97.5 cm³/mol. The molecule has 2 N–H and O–H groups in total. The van der Waals surface area contributed by atoms with Gasteiger partial charge in [0.2, 0.25) is 0 Å². The van der Waals surface area contributed by atoms with Gasteiger partial charge in [0.1, 0.15) is 5.75 Å². The van der Waals surface area contributed by atoms with Crippen molar-refractivity contribution in [3.63, 3.8) is 0 Å². The molecular weight excluding hydrogens is 316 g/mol. The summed E-state index contributed by atoms with van der Waals surface area (Å²) in [5, 5.41) is 0. The lowest BCUT2D eigenvalue weighted by Gasteiger charge is -2.09. The van der Waals surface area contributed by atoms with Crippen molar-refractivity contribution in [2.75, 3.05) is 6.61 Å². The molecule has 0 fully saturated rings. The minimum absolute atomic E-state index is 0.351. The summed E-state index contributed by atoms with van der Waals surface area (Å²) >= 11 is 0. The van der Waals surface area contributed by atoms with Crippen LogP contribution in [0.3, 0.4) is 0 Å². The predicted octanol–water partition coefficient (Wildman–Crippen LogP) is 3.36. The highest BCUT2D eigenvalue weighted by Gasteiger charge is 2.09. The molecule has 2 amide bonds. The van der Waals surface area contributed by atoms with Crippen molar-refractivity contribution < 1.29 is 14.3 Å². The lowest BCUT2D eigenvalue weighted by molar-refractivity contribution is 0.0846. The van der Waals surface area contributed by atoms with Gasteiger partial charge in [0.25, 0.3) is 11.8 Å². The minimum atomic E-state index is -0.382. The number of hydrogen-bond donors (Lipinski definition) is 2. The lowest BCUT2D eigenvalue weighted by Crippen LogP contribution is -2.41. The highest BCUT2D eigenvalue weighted by molar-refractivity contribution is 5.99. The van der Waals surface area contributed by atoms with Crippen LogP contribution in [0.25, 0.3) is 0 Å². The van der Waals surface area contributed by atoms with E-state index in [1.807, 2.05) is 19.1 Å². The fourth-order valence-corrected chi connectivity index (χ4v) is 2.39. The third kappa shape index (κ3) is 5.64. The first-order valence-corrected chi connectivity index (χ1v) is 8.42. The second-order valence-electron chi connectivity index (χ2n) is 6.16. The molecule has 0 aromatic heterocycles.